The van der Waals surface area contributed by atoms with E-state index in [4.69, 9.17) is 4.52 Å². The molecule has 0 aliphatic rings. The number of aromatic nitrogens is 3. The first kappa shape index (κ1) is 10.6. The number of nitrogens with one attached hydrogen (secondary N) is 1. The smallest absolute Gasteiger partial charge is 0.259 e. The van der Waals surface area contributed by atoms with Gasteiger partial charge in [0.05, 0.1) is 5.56 Å². The lowest BCUT2D eigenvalue weighted by molar-refractivity contribution is 0.425. The Morgan fingerprint density at radius 2 is 2.19 bits per heavy atom. The number of pyridine rings is 1. The van der Waals surface area contributed by atoms with Crippen molar-refractivity contribution < 1.29 is 4.52 Å². The summed E-state index contributed by atoms with van der Waals surface area (Å²) in [6.07, 6.45) is 0.676. The van der Waals surface area contributed by atoms with E-state index in [1.165, 1.54) is 0 Å². The van der Waals surface area contributed by atoms with Gasteiger partial charge in [-0.05, 0) is 26.3 Å². The maximum Gasteiger partial charge on any atom is 0.259 e. The quantitative estimate of drug-likeness (QED) is 0.832. The highest BCUT2D eigenvalue weighted by molar-refractivity contribution is 5.56. The summed E-state index contributed by atoms with van der Waals surface area (Å²) in [7, 11) is 0. The topological polar surface area (TPSA) is 71.8 Å². The molecule has 84 valence electrons. The minimum Gasteiger partial charge on any atom is -0.334 e. The summed E-state index contributed by atoms with van der Waals surface area (Å²) in [4.78, 5) is 18.5. The van der Waals surface area contributed by atoms with E-state index in [-0.39, 0.29) is 5.56 Å². The van der Waals surface area contributed by atoms with E-state index in [2.05, 4.69) is 15.1 Å². The summed E-state index contributed by atoms with van der Waals surface area (Å²) in [5.74, 6) is 1.03. The number of H-pyrrole nitrogens is 1. The number of hydrogen-bond acceptors (Lipinski definition) is 4. The van der Waals surface area contributed by atoms with Crippen molar-refractivity contribution in [2.45, 2.75) is 27.2 Å². The largest absolute Gasteiger partial charge is 0.334 e. The Kier molecular flexibility index (Phi) is 2.60. The van der Waals surface area contributed by atoms with E-state index >= 15 is 0 Å². The monoisotopic (exact) mass is 219 g/mol. The summed E-state index contributed by atoms with van der Waals surface area (Å²) in [5, 5.41) is 3.73. The van der Waals surface area contributed by atoms with Crippen LogP contribution in [0.3, 0.4) is 0 Å². The average molecular weight is 219 g/mol. The Balaban J connectivity index is 2.61. The van der Waals surface area contributed by atoms with Crippen molar-refractivity contribution >= 4 is 0 Å². The summed E-state index contributed by atoms with van der Waals surface area (Å²) < 4.78 is 5.09. The molecule has 2 aromatic heterocycles. The fourth-order valence-electron chi connectivity index (χ4n) is 1.56. The second-order valence-corrected chi connectivity index (χ2v) is 3.66. The molecule has 0 unspecified atom stereocenters. The fraction of sp³-hybridized carbons (Fsp3) is 0.364. The van der Waals surface area contributed by atoms with Gasteiger partial charge in [-0.25, -0.2) is 0 Å². The van der Waals surface area contributed by atoms with Crippen LogP contribution in [0.25, 0.3) is 11.5 Å². The molecule has 0 fully saturated rings. The van der Waals surface area contributed by atoms with Crippen LogP contribution in [-0.4, -0.2) is 15.1 Å². The molecule has 16 heavy (non-hydrogen) atoms. The molecule has 0 atom stereocenters. The minimum absolute atomic E-state index is 0.0556. The number of aromatic amines is 1. The molecular weight excluding hydrogens is 206 g/mol. The molecule has 2 rings (SSSR count). The Labute approximate surface area is 92.5 Å². The van der Waals surface area contributed by atoms with Crippen LogP contribution in [-0.2, 0) is 6.42 Å². The zero-order valence-electron chi connectivity index (χ0n) is 9.50. The van der Waals surface area contributed by atoms with Crippen LogP contribution in [0.5, 0.6) is 0 Å². The van der Waals surface area contributed by atoms with Gasteiger partial charge in [0.15, 0.2) is 5.82 Å². The molecule has 0 aliphatic carbocycles. The van der Waals surface area contributed by atoms with Crippen LogP contribution in [0.4, 0.5) is 0 Å². The highest BCUT2D eigenvalue weighted by atomic mass is 16.5. The predicted octanol–water partition coefficient (Wildman–Crippen LogP) is 1.60. The Bertz CT molecular complexity index is 569. The number of aryl methyl sites for hydroxylation is 3. The lowest BCUT2D eigenvalue weighted by Gasteiger charge is -2.02. The molecular formula is C11H13N3O2. The van der Waals surface area contributed by atoms with E-state index in [0.29, 0.717) is 18.1 Å². The van der Waals surface area contributed by atoms with E-state index in [9.17, 15) is 4.79 Å². The van der Waals surface area contributed by atoms with Crippen LogP contribution in [0.15, 0.2) is 15.4 Å². The van der Waals surface area contributed by atoms with Crippen molar-refractivity contribution in [1.82, 2.24) is 15.1 Å². The van der Waals surface area contributed by atoms with Crippen molar-refractivity contribution in [3.63, 3.8) is 0 Å². The summed E-state index contributed by atoms with van der Waals surface area (Å²) in [6.45, 7) is 5.51. The van der Waals surface area contributed by atoms with Gasteiger partial charge in [-0.15, -0.1) is 0 Å². The molecule has 5 nitrogen and oxygen atoms in total. The molecule has 0 aliphatic heterocycles. The van der Waals surface area contributed by atoms with E-state index in [0.717, 1.165) is 16.8 Å². The lowest BCUT2D eigenvalue weighted by atomic mass is 10.1. The van der Waals surface area contributed by atoms with Crippen LogP contribution in [0.1, 0.15) is 24.0 Å². The van der Waals surface area contributed by atoms with Crippen molar-refractivity contribution in [2.24, 2.45) is 0 Å². The molecule has 2 heterocycles. The van der Waals surface area contributed by atoms with Gasteiger partial charge in [-0.2, -0.15) is 4.98 Å². The van der Waals surface area contributed by atoms with Crippen LogP contribution in [0.2, 0.25) is 0 Å². The highest BCUT2D eigenvalue weighted by Gasteiger charge is 2.12. The molecule has 5 heteroatoms. The maximum absolute atomic E-state index is 11.5. The molecule has 0 spiro atoms. The van der Waals surface area contributed by atoms with Gasteiger partial charge in [-0.3, -0.25) is 4.79 Å². The predicted molar refractivity (Wildman–Crippen MR) is 59.2 cm³/mol. The molecule has 0 aromatic carbocycles. The van der Waals surface area contributed by atoms with Gasteiger partial charge >= 0.3 is 0 Å². The van der Waals surface area contributed by atoms with Crippen molar-refractivity contribution in [2.75, 3.05) is 0 Å². The molecule has 0 bridgehead atoms. The molecule has 0 radical (unpaired) electrons. The molecule has 0 amide bonds. The van der Waals surface area contributed by atoms with Crippen molar-refractivity contribution in [3.05, 3.63) is 33.5 Å². The zero-order valence-corrected chi connectivity index (χ0v) is 9.50. The van der Waals surface area contributed by atoms with Gasteiger partial charge in [0.2, 0.25) is 0 Å². The molecule has 0 saturated heterocycles. The standard InChI is InChI=1S/C11H13N3O2/c1-4-8-5-9(6(2)12-10(8)15)11-13-7(3)14-16-11/h5H,4H2,1-3H3,(H,12,15). The molecule has 0 saturated carbocycles. The Morgan fingerprint density at radius 3 is 2.75 bits per heavy atom. The van der Waals surface area contributed by atoms with Crippen molar-refractivity contribution in [1.29, 1.82) is 0 Å². The number of nitrogens with zero attached hydrogens (tertiary/aromatic N) is 2. The third-order valence-corrected chi connectivity index (χ3v) is 2.45. The summed E-state index contributed by atoms with van der Waals surface area (Å²) >= 11 is 0. The first-order valence-electron chi connectivity index (χ1n) is 5.15. The van der Waals surface area contributed by atoms with Crippen LogP contribution < -0.4 is 5.56 Å². The van der Waals surface area contributed by atoms with Crippen LogP contribution >= 0.6 is 0 Å². The summed E-state index contributed by atoms with van der Waals surface area (Å²) in [6, 6.07) is 1.81. The Hall–Kier alpha value is -1.91. The van der Waals surface area contributed by atoms with E-state index in [1.807, 2.05) is 13.8 Å². The zero-order chi connectivity index (χ0) is 11.7. The first-order valence-corrected chi connectivity index (χ1v) is 5.15. The SMILES string of the molecule is CCc1cc(-c2nc(C)no2)c(C)[nH]c1=O. The molecule has 1 N–H and O–H groups in total. The lowest BCUT2D eigenvalue weighted by Crippen LogP contribution is -2.13. The second-order valence-electron chi connectivity index (χ2n) is 3.66. The summed E-state index contributed by atoms with van der Waals surface area (Å²) in [5.41, 5.74) is 2.19. The number of hydrogen-bond donors (Lipinski definition) is 1. The minimum atomic E-state index is -0.0556. The van der Waals surface area contributed by atoms with Crippen molar-refractivity contribution in [3.8, 4) is 11.5 Å². The van der Waals surface area contributed by atoms with Crippen LogP contribution in [0, 0.1) is 13.8 Å². The average Bonchev–Trinajstić information content (AvgIpc) is 2.65. The molecule has 2 aromatic rings. The Morgan fingerprint density at radius 1 is 1.44 bits per heavy atom. The van der Waals surface area contributed by atoms with Gasteiger partial charge < -0.3 is 9.51 Å². The first-order chi connectivity index (χ1) is 7.61. The van der Waals surface area contributed by atoms with Gasteiger partial charge in [0.1, 0.15) is 0 Å². The van der Waals surface area contributed by atoms with Gasteiger partial charge in [0.25, 0.3) is 11.4 Å². The fourth-order valence-corrected chi connectivity index (χ4v) is 1.56. The normalized spacial score (nSPS) is 10.7. The number of rotatable bonds is 2. The maximum atomic E-state index is 11.5. The van der Waals surface area contributed by atoms with Gasteiger partial charge in [-0.1, -0.05) is 12.1 Å². The highest BCUT2D eigenvalue weighted by Crippen LogP contribution is 2.19. The van der Waals surface area contributed by atoms with Gasteiger partial charge in [0, 0.05) is 11.3 Å². The third kappa shape index (κ3) is 1.76. The van der Waals surface area contributed by atoms with E-state index in [1.54, 1.807) is 13.0 Å². The third-order valence-electron chi connectivity index (χ3n) is 2.45. The second kappa shape index (κ2) is 3.92. The van der Waals surface area contributed by atoms with E-state index < -0.39 is 0 Å².